The van der Waals surface area contributed by atoms with Crippen molar-refractivity contribution in [3.05, 3.63) is 24.3 Å². The molecule has 5 atom stereocenters. The number of aliphatic hydroxyl groups is 1. The number of aliphatic hydroxyl groups excluding tert-OH is 1. The molecule has 142 valence electrons. The molecule has 2 bridgehead atoms. The van der Waals surface area contributed by atoms with Gasteiger partial charge in [-0.2, -0.15) is 0 Å². The molecule has 4 nitrogen and oxygen atoms in total. The lowest BCUT2D eigenvalue weighted by Crippen LogP contribution is -2.27. The number of hydrogen-bond acceptors (Lipinski definition) is 3. The van der Waals surface area contributed by atoms with Crippen LogP contribution in [0.25, 0.3) is 0 Å². The highest BCUT2D eigenvalue weighted by molar-refractivity contribution is 5.66. The number of rotatable bonds is 12. The molecule has 1 aliphatic heterocycles. The van der Waals surface area contributed by atoms with Crippen LogP contribution in [0.1, 0.15) is 64.7 Å². The van der Waals surface area contributed by atoms with Crippen LogP contribution in [0.15, 0.2) is 24.3 Å². The molecule has 1 heterocycles. The Labute approximate surface area is 152 Å². The first-order valence-corrected chi connectivity index (χ1v) is 9.96. The van der Waals surface area contributed by atoms with E-state index in [4.69, 9.17) is 9.84 Å². The fraction of sp³-hybridized carbons (Fsp3) is 0.762. The number of carboxylic acids is 1. The molecule has 1 saturated carbocycles. The third-order valence-corrected chi connectivity index (χ3v) is 5.57. The predicted octanol–water partition coefficient (Wildman–Crippen LogP) is 4.34. The van der Waals surface area contributed by atoms with Crippen LogP contribution in [-0.2, 0) is 9.53 Å². The van der Waals surface area contributed by atoms with Crippen molar-refractivity contribution in [1.82, 2.24) is 0 Å². The smallest absolute Gasteiger partial charge is 0.303 e. The maximum absolute atomic E-state index is 10.5. The second-order valence-corrected chi connectivity index (χ2v) is 7.55. The Bertz CT molecular complexity index is 457. The van der Waals surface area contributed by atoms with E-state index in [0.29, 0.717) is 30.3 Å². The fourth-order valence-electron chi connectivity index (χ4n) is 4.15. The van der Waals surface area contributed by atoms with Crippen LogP contribution >= 0.6 is 0 Å². The predicted molar refractivity (Wildman–Crippen MR) is 99.4 cm³/mol. The fourth-order valence-corrected chi connectivity index (χ4v) is 4.15. The van der Waals surface area contributed by atoms with Gasteiger partial charge in [-0.3, -0.25) is 4.79 Å². The molecule has 2 N–H and O–H groups in total. The zero-order chi connectivity index (χ0) is 18.1. The molecule has 2 aliphatic rings. The molecule has 0 spiro atoms. The van der Waals surface area contributed by atoms with Crippen molar-refractivity contribution in [1.29, 1.82) is 0 Å². The third kappa shape index (κ3) is 6.59. The van der Waals surface area contributed by atoms with Crippen molar-refractivity contribution in [2.45, 2.75) is 76.9 Å². The van der Waals surface area contributed by atoms with Gasteiger partial charge in [-0.15, -0.1) is 0 Å². The summed E-state index contributed by atoms with van der Waals surface area (Å²) in [7, 11) is 0. The average Bonchev–Trinajstić information content (AvgIpc) is 3.17. The maximum atomic E-state index is 10.5. The molecular weight excluding hydrogens is 316 g/mol. The molecule has 0 unspecified atom stereocenters. The van der Waals surface area contributed by atoms with Gasteiger partial charge in [-0.25, -0.2) is 0 Å². The number of unbranched alkanes of at least 4 members (excludes halogenated alkanes) is 3. The minimum atomic E-state index is -0.724. The number of carbonyl (C=O) groups is 1. The van der Waals surface area contributed by atoms with Crippen LogP contribution in [0.4, 0.5) is 0 Å². The highest BCUT2D eigenvalue weighted by Gasteiger charge is 2.46. The Morgan fingerprint density at radius 3 is 2.88 bits per heavy atom. The van der Waals surface area contributed by atoms with Crippen molar-refractivity contribution >= 4 is 5.97 Å². The molecule has 0 aromatic rings. The van der Waals surface area contributed by atoms with Gasteiger partial charge in [0.1, 0.15) is 0 Å². The second-order valence-electron chi connectivity index (χ2n) is 7.55. The summed E-state index contributed by atoms with van der Waals surface area (Å²) < 4.78 is 5.88. The highest BCUT2D eigenvalue weighted by Crippen LogP contribution is 2.47. The summed E-state index contributed by atoms with van der Waals surface area (Å²) >= 11 is 0. The zero-order valence-electron chi connectivity index (χ0n) is 15.5. The third-order valence-electron chi connectivity index (χ3n) is 5.57. The lowest BCUT2D eigenvalue weighted by atomic mass is 9.85. The van der Waals surface area contributed by atoms with E-state index in [9.17, 15) is 9.90 Å². The molecule has 2 rings (SSSR count). The zero-order valence-corrected chi connectivity index (χ0v) is 15.5. The van der Waals surface area contributed by atoms with Gasteiger partial charge in [-0.05, 0) is 49.9 Å². The van der Waals surface area contributed by atoms with Crippen molar-refractivity contribution < 1.29 is 19.7 Å². The van der Waals surface area contributed by atoms with E-state index < -0.39 is 5.97 Å². The van der Waals surface area contributed by atoms with E-state index in [2.05, 4.69) is 25.2 Å². The number of fused-ring (bicyclic) bond motifs is 2. The average molecular weight is 350 g/mol. The van der Waals surface area contributed by atoms with E-state index in [1.165, 1.54) is 12.8 Å². The normalized spacial score (nSPS) is 29.8. The van der Waals surface area contributed by atoms with Crippen molar-refractivity contribution in [3.63, 3.8) is 0 Å². The SMILES string of the molecule is CCCCC[C@H](O)/C=C/[C@H]1[C@H]2CO[C@@H](C2)[C@@H]1C/C=C\CCCC(=O)O. The number of hydrogen-bond donors (Lipinski definition) is 2. The van der Waals surface area contributed by atoms with Gasteiger partial charge in [0.05, 0.1) is 18.8 Å². The van der Waals surface area contributed by atoms with E-state index >= 15 is 0 Å². The minimum absolute atomic E-state index is 0.239. The minimum Gasteiger partial charge on any atom is -0.481 e. The Morgan fingerprint density at radius 2 is 2.12 bits per heavy atom. The molecule has 1 aliphatic carbocycles. The second kappa shape index (κ2) is 10.8. The molecule has 0 aromatic carbocycles. The Hall–Kier alpha value is -1.13. The number of carboxylic acid groups (broad SMARTS) is 1. The standard InChI is InChI=1S/C21H34O4/c1-2-3-6-9-17(22)12-13-18-16-14-20(25-15-16)19(18)10-7-4-5-8-11-21(23)24/h4,7,12-13,16-20,22H,2-3,5-6,8-11,14-15H2,1H3,(H,23,24)/b7-4-,13-12+/t16-,17+,18+,19-,20+/m1/s1. The maximum Gasteiger partial charge on any atom is 0.303 e. The summed E-state index contributed by atoms with van der Waals surface area (Å²) in [6.07, 6.45) is 16.8. The van der Waals surface area contributed by atoms with Crippen LogP contribution in [-0.4, -0.2) is 35.0 Å². The topological polar surface area (TPSA) is 66.8 Å². The Balaban J connectivity index is 1.78. The molecule has 0 radical (unpaired) electrons. The Morgan fingerprint density at radius 1 is 1.28 bits per heavy atom. The summed E-state index contributed by atoms with van der Waals surface area (Å²) in [5, 5.41) is 18.8. The summed E-state index contributed by atoms with van der Waals surface area (Å²) in [6, 6.07) is 0. The first-order chi connectivity index (χ1) is 12.1. The molecule has 4 heteroatoms. The summed E-state index contributed by atoms with van der Waals surface area (Å²) in [5.74, 6) is 0.865. The molecule has 0 aromatic heterocycles. The van der Waals surface area contributed by atoms with Gasteiger partial charge in [-0.1, -0.05) is 50.5 Å². The van der Waals surface area contributed by atoms with Crippen LogP contribution in [0.5, 0.6) is 0 Å². The van der Waals surface area contributed by atoms with Gasteiger partial charge in [0, 0.05) is 6.42 Å². The van der Waals surface area contributed by atoms with Gasteiger partial charge in [0.15, 0.2) is 0 Å². The molecule has 25 heavy (non-hydrogen) atoms. The largest absolute Gasteiger partial charge is 0.481 e. The van der Waals surface area contributed by atoms with E-state index in [0.717, 1.165) is 38.7 Å². The number of allylic oxidation sites excluding steroid dienone is 3. The van der Waals surface area contributed by atoms with Crippen molar-refractivity contribution in [2.75, 3.05) is 6.61 Å². The lowest BCUT2D eigenvalue weighted by molar-refractivity contribution is -0.137. The monoisotopic (exact) mass is 350 g/mol. The molecule has 0 amide bonds. The summed E-state index contributed by atoms with van der Waals surface area (Å²) in [4.78, 5) is 10.5. The van der Waals surface area contributed by atoms with Crippen molar-refractivity contribution in [3.8, 4) is 0 Å². The van der Waals surface area contributed by atoms with Crippen molar-refractivity contribution in [2.24, 2.45) is 17.8 Å². The van der Waals surface area contributed by atoms with Gasteiger partial charge >= 0.3 is 5.97 Å². The number of ether oxygens (including phenoxy) is 1. The lowest BCUT2D eigenvalue weighted by Gasteiger charge is -2.28. The Kier molecular flexibility index (Phi) is 8.70. The summed E-state index contributed by atoms with van der Waals surface area (Å²) in [6.45, 7) is 3.03. The quantitative estimate of drug-likeness (QED) is 0.406. The first-order valence-electron chi connectivity index (χ1n) is 9.96. The van der Waals surface area contributed by atoms with Crippen LogP contribution < -0.4 is 0 Å². The molecule has 2 fully saturated rings. The van der Waals surface area contributed by atoms with E-state index in [1.807, 2.05) is 6.08 Å². The van der Waals surface area contributed by atoms with Gasteiger partial charge in [0.25, 0.3) is 0 Å². The van der Waals surface area contributed by atoms with Gasteiger partial charge < -0.3 is 14.9 Å². The molecule has 1 saturated heterocycles. The van der Waals surface area contributed by atoms with Crippen LogP contribution in [0.2, 0.25) is 0 Å². The molecular formula is C21H34O4. The highest BCUT2D eigenvalue weighted by atomic mass is 16.5. The van der Waals surface area contributed by atoms with E-state index in [1.54, 1.807) is 0 Å². The van der Waals surface area contributed by atoms with E-state index in [-0.39, 0.29) is 12.5 Å². The number of aliphatic carboxylic acids is 1. The summed E-state index contributed by atoms with van der Waals surface area (Å²) in [5.41, 5.74) is 0. The first kappa shape index (κ1) is 20.2. The van der Waals surface area contributed by atoms with Gasteiger partial charge in [0.2, 0.25) is 0 Å². The van der Waals surface area contributed by atoms with Crippen LogP contribution in [0.3, 0.4) is 0 Å². The van der Waals surface area contributed by atoms with Crippen LogP contribution in [0, 0.1) is 17.8 Å².